The minimum Gasteiger partial charge on any atom is -0.380 e. The van der Waals surface area contributed by atoms with Crippen molar-refractivity contribution in [1.82, 2.24) is 14.8 Å². The van der Waals surface area contributed by atoms with E-state index in [0.717, 1.165) is 5.56 Å². The fourth-order valence-corrected chi connectivity index (χ4v) is 2.64. The number of anilines is 1. The number of rotatable bonds is 6. The predicted octanol–water partition coefficient (Wildman–Crippen LogP) is 1.74. The van der Waals surface area contributed by atoms with E-state index in [1.165, 1.54) is 22.4 Å². The Bertz CT molecular complexity index is 709. The van der Waals surface area contributed by atoms with Gasteiger partial charge in [-0.1, -0.05) is 17.8 Å². The topological polar surface area (TPSA) is 106 Å². The van der Waals surface area contributed by atoms with Gasteiger partial charge in [-0.15, -0.1) is 5.10 Å². The Morgan fingerprint density at radius 2 is 2.29 bits per heavy atom. The molecule has 0 amide bonds. The standard InChI is InChI=1S/C12H15N5O3S/c1-3-13-9-6-8(4-5-10(9)17(19)20)7-21-12-15-14-11(18)16(12)2/h4-6,13H,3,7H2,1-2H3,(H,14,18). The number of thioether (sulfide) groups is 1. The number of aromatic amines is 1. The van der Waals surface area contributed by atoms with Crippen LogP contribution in [0.5, 0.6) is 0 Å². The molecule has 0 spiro atoms. The zero-order chi connectivity index (χ0) is 15.4. The number of nitrogens with one attached hydrogen (secondary N) is 2. The first-order chi connectivity index (χ1) is 10.0. The summed E-state index contributed by atoms with van der Waals surface area (Å²) in [5, 5.41) is 20.8. The van der Waals surface area contributed by atoms with Crippen LogP contribution in [0.4, 0.5) is 11.4 Å². The number of hydrogen-bond acceptors (Lipinski definition) is 6. The Hall–Kier alpha value is -2.29. The van der Waals surface area contributed by atoms with Crippen molar-refractivity contribution in [3.63, 3.8) is 0 Å². The highest BCUT2D eigenvalue weighted by Gasteiger charge is 2.14. The third-order valence-electron chi connectivity index (χ3n) is 2.83. The Morgan fingerprint density at radius 3 is 2.86 bits per heavy atom. The van der Waals surface area contributed by atoms with Crippen LogP contribution in [0.1, 0.15) is 12.5 Å². The summed E-state index contributed by atoms with van der Waals surface area (Å²) in [5.41, 5.74) is 1.20. The third-order valence-corrected chi connectivity index (χ3v) is 3.93. The number of nitro benzene ring substituents is 1. The van der Waals surface area contributed by atoms with E-state index in [-0.39, 0.29) is 11.4 Å². The molecule has 2 rings (SSSR count). The van der Waals surface area contributed by atoms with Crippen molar-refractivity contribution in [3.05, 3.63) is 44.4 Å². The highest BCUT2D eigenvalue weighted by molar-refractivity contribution is 7.98. The lowest BCUT2D eigenvalue weighted by molar-refractivity contribution is -0.384. The maximum absolute atomic E-state index is 11.3. The van der Waals surface area contributed by atoms with Crippen LogP contribution in [-0.4, -0.2) is 26.2 Å². The van der Waals surface area contributed by atoms with Gasteiger partial charge in [0.25, 0.3) is 5.69 Å². The van der Waals surface area contributed by atoms with Crippen molar-refractivity contribution >= 4 is 23.1 Å². The molecular weight excluding hydrogens is 294 g/mol. The van der Waals surface area contributed by atoms with E-state index in [0.29, 0.717) is 23.1 Å². The van der Waals surface area contributed by atoms with Gasteiger partial charge < -0.3 is 5.32 Å². The summed E-state index contributed by atoms with van der Waals surface area (Å²) < 4.78 is 1.42. The van der Waals surface area contributed by atoms with E-state index < -0.39 is 4.92 Å². The van der Waals surface area contributed by atoms with E-state index in [1.807, 2.05) is 6.92 Å². The van der Waals surface area contributed by atoms with Crippen molar-refractivity contribution in [1.29, 1.82) is 0 Å². The first kappa shape index (κ1) is 15.1. The minimum absolute atomic E-state index is 0.0535. The molecule has 0 saturated heterocycles. The molecular formula is C12H15N5O3S. The van der Waals surface area contributed by atoms with Gasteiger partial charge in [0.15, 0.2) is 5.16 Å². The molecule has 0 atom stereocenters. The van der Waals surface area contributed by atoms with E-state index in [1.54, 1.807) is 19.2 Å². The first-order valence-electron chi connectivity index (χ1n) is 6.28. The number of aromatic nitrogens is 3. The molecule has 0 aliphatic carbocycles. The second-order valence-electron chi connectivity index (χ2n) is 4.30. The summed E-state index contributed by atoms with van der Waals surface area (Å²) in [6.07, 6.45) is 0. The van der Waals surface area contributed by atoms with Gasteiger partial charge in [-0.2, -0.15) is 0 Å². The van der Waals surface area contributed by atoms with Gasteiger partial charge in [0.2, 0.25) is 0 Å². The molecule has 8 nitrogen and oxygen atoms in total. The zero-order valence-corrected chi connectivity index (χ0v) is 12.4. The van der Waals surface area contributed by atoms with Crippen LogP contribution in [0.25, 0.3) is 0 Å². The van der Waals surface area contributed by atoms with E-state index >= 15 is 0 Å². The summed E-state index contributed by atoms with van der Waals surface area (Å²) in [5.74, 6) is 0.564. The van der Waals surface area contributed by atoms with Crippen LogP contribution in [0, 0.1) is 10.1 Å². The smallest absolute Gasteiger partial charge is 0.343 e. The van der Waals surface area contributed by atoms with Crippen molar-refractivity contribution in [2.24, 2.45) is 7.05 Å². The normalized spacial score (nSPS) is 10.6. The van der Waals surface area contributed by atoms with Gasteiger partial charge in [0.05, 0.1) is 4.92 Å². The quantitative estimate of drug-likeness (QED) is 0.478. The van der Waals surface area contributed by atoms with Crippen molar-refractivity contribution < 1.29 is 4.92 Å². The monoisotopic (exact) mass is 309 g/mol. The molecule has 112 valence electrons. The molecule has 0 bridgehead atoms. The van der Waals surface area contributed by atoms with Gasteiger partial charge in [-0.3, -0.25) is 14.7 Å². The average molecular weight is 309 g/mol. The third kappa shape index (κ3) is 3.43. The number of nitro groups is 1. The molecule has 0 unspecified atom stereocenters. The predicted molar refractivity (Wildman–Crippen MR) is 80.6 cm³/mol. The number of hydrogen-bond donors (Lipinski definition) is 2. The van der Waals surface area contributed by atoms with Crippen LogP contribution < -0.4 is 11.0 Å². The Balaban J connectivity index is 2.17. The minimum atomic E-state index is -0.410. The second kappa shape index (κ2) is 6.44. The summed E-state index contributed by atoms with van der Waals surface area (Å²) in [6, 6.07) is 4.94. The SMILES string of the molecule is CCNc1cc(CSc2n[nH]c(=O)n2C)ccc1[N+](=O)[O-]. The number of benzene rings is 1. The van der Waals surface area contributed by atoms with Crippen LogP contribution in [0.15, 0.2) is 28.2 Å². The van der Waals surface area contributed by atoms with Crippen LogP contribution >= 0.6 is 11.8 Å². The Labute approximate surface area is 124 Å². The van der Waals surface area contributed by atoms with Crippen LogP contribution in [0.3, 0.4) is 0 Å². The lowest BCUT2D eigenvalue weighted by Gasteiger charge is -2.07. The molecule has 1 heterocycles. The van der Waals surface area contributed by atoms with Gasteiger partial charge in [-0.25, -0.2) is 9.89 Å². The molecule has 1 aromatic heterocycles. The Kier molecular flexibility index (Phi) is 4.63. The maximum Gasteiger partial charge on any atom is 0.343 e. The van der Waals surface area contributed by atoms with E-state index in [4.69, 9.17) is 0 Å². The fraction of sp³-hybridized carbons (Fsp3) is 0.333. The molecule has 0 saturated carbocycles. The van der Waals surface area contributed by atoms with Crippen molar-refractivity contribution in [2.75, 3.05) is 11.9 Å². The lowest BCUT2D eigenvalue weighted by atomic mass is 10.2. The molecule has 0 aliphatic heterocycles. The van der Waals surface area contributed by atoms with E-state index in [9.17, 15) is 14.9 Å². The second-order valence-corrected chi connectivity index (χ2v) is 5.24. The van der Waals surface area contributed by atoms with Crippen LogP contribution in [0.2, 0.25) is 0 Å². The summed E-state index contributed by atoms with van der Waals surface area (Å²) in [6.45, 7) is 2.48. The fourth-order valence-electron chi connectivity index (χ4n) is 1.77. The molecule has 0 radical (unpaired) electrons. The molecule has 9 heteroatoms. The molecule has 2 N–H and O–H groups in total. The molecule has 2 aromatic rings. The Morgan fingerprint density at radius 1 is 1.52 bits per heavy atom. The molecule has 1 aromatic carbocycles. The van der Waals surface area contributed by atoms with Gasteiger partial charge in [0, 0.05) is 25.4 Å². The lowest BCUT2D eigenvalue weighted by Crippen LogP contribution is -2.12. The van der Waals surface area contributed by atoms with Gasteiger partial charge in [-0.05, 0) is 18.6 Å². The van der Waals surface area contributed by atoms with E-state index in [2.05, 4.69) is 15.5 Å². The molecule has 21 heavy (non-hydrogen) atoms. The first-order valence-corrected chi connectivity index (χ1v) is 7.27. The maximum atomic E-state index is 11.3. The van der Waals surface area contributed by atoms with Gasteiger partial charge in [0.1, 0.15) is 5.69 Å². The summed E-state index contributed by atoms with van der Waals surface area (Å²) in [7, 11) is 1.63. The van der Waals surface area contributed by atoms with Crippen molar-refractivity contribution in [2.45, 2.75) is 17.8 Å². The number of H-pyrrole nitrogens is 1. The van der Waals surface area contributed by atoms with Gasteiger partial charge >= 0.3 is 5.69 Å². The van der Waals surface area contributed by atoms with Crippen LogP contribution in [-0.2, 0) is 12.8 Å². The highest BCUT2D eigenvalue weighted by atomic mass is 32.2. The zero-order valence-electron chi connectivity index (χ0n) is 11.6. The summed E-state index contributed by atoms with van der Waals surface area (Å²) >= 11 is 1.38. The largest absolute Gasteiger partial charge is 0.380 e. The highest BCUT2D eigenvalue weighted by Crippen LogP contribution is 2.28. The van der Waals surface area contributed by atoms with Crippen molar-refractivity contribution in [3.8, 4) is 0 Å². The molecule has 0 aliphatic rings. The molecule has 0 fully saturated rings. The number of nitrogens with zero attached hydrogens (tertiary/aromatic N) is 3. The summed E-state index contributed by atoms with van der Waals surface area (Å²) in [4.78, 5) is 21.8. The average Bonchev–Trinajstić information content (AvgIpc) is 2.77.